The molecule has 0 aliphatic carbocycles. The fraction of sp³-hybridized carbons (Fsp3) is 0.263. The van der Waals surface area contributed by atoms with Crippen LogP contribution in [0.5, 0.6) is 5.75 Å². The SMILES string of the molecule is Cc1ccc(C)c(OCC(=O)NNC(=O)Cc2ccc(C(F)(F)F)cc2)c1. The molecule has 0 aliphatic heterocycles. The Hall–Kier alpha value is -3.03. The third kappa shape index (κ3) is 6.32. The first kappa shape index (κ1) is 20.3. The fourth-order valence-corrected chi connectivity index (χ4v) is 2.22. The van der Waals surface area contributed by atoms with Crippen LogP contribution in [0.15, 0.2) is 42.5 Å². The van der Waals surface area contributed by atoms with Crippen molar-refractivity contribution in [3.8, 4) is 5.75 Å². The van der Waals surface area contributed by atoms with Gasteiger partial charge in [0.05, 0.1) is 12.0 Å². The van der Waals surface area contributed by atoms with Crippen molar-refractivity contribution in [3.05, 3.63) is 64.7 Å². The molecule has 2 aromatic carbocycles. The highest BCUT2D eigenvalue weighted by atomic mass is 19.4. The Kier molecular flexibility index (Phi) is 6.44. The number of alkyl halides is 3. The van der Waals surface area contributed by atoms with Gasteiger partial charge in [-0.1, -0.05) is 24.3 Å². The summed E-state index contributed by atoms with van der Waals surface area (Å²) in [7, 11) is 0. The molecule has 0 saturated carbocycles. The first-order valence-corrected chi connectivity index (χ1v) is 8.09. The van der Waals surface area contributed by atoms with Crippen molar-refractivity contribution in [1.29, 1.82) is 0 Å². The summed E-state index contributed by atoms with van der Waals surface area (Å²) in [6.07, 6.45) is -4.60. The first-order chi connectivity index (χ1) is 12.6. The standard InChI is InChI=1S/C19H19F3N2O3/c1-12-3-4-13(2)16(9-12)27-11-18(26)24-23-17(25)10-14-5-7-15(8-6-14)19(20,21)22/h3-9H,10-11H2,1-2H3,(H,23,25)(H,24,26). The normalized spacial score (nSPS) is 11.0. The number of hydrazine groups is 1. The van der Waals surface area contributed by atoms with Crippen LogP contribution in [-0.4, -0.2) is 18.4 Å². The highest BCUT2D eigenvalue weighted by molar-refractivity contribution is 5.83. The lowest BCUT2D eigenvalue weighted by atomic mass is 10.1. The molecule has 2 N–H and O–H groups in total. The zero-order valence-corrected chi connectivity index (χ0v) is 14.8. The number of amides is 2. The van der Waals surface area contributed by atoms with Gasteiger partial charge in [-0.3, -0.25) is 20.4 Å². The van der Waals surface area contributed by atoms with Crippen molar-refractivity contribution in [3.63, 3.8) is 0 Å². The zero-order chi connectivity index (χ0) is 20.0. The van der Waals surface area contributed by atoms with Crippen LogP contribution in [0, 0.1) is 13.8 Å². The van der Waals surface area contributed by atoms with E-state index in [1.807, 2.05) is 26.0 Å². The summed E-state index contributed by atoms with van der Waals surface area (Å²) in [6, 6.07) is 9.82. The molecule has 5 nitrogen and oxygen atoms in total. The number of hydrogen-bond acceptors (Lipinski definition) is 3. The Morgan fingerprint density at radius 3 is 2.22 bits per heavy atom. The molecule has 0 spiro atoms. The first-order valence-electron chi connectivity index (χ1n) is 8.09. The van der Waals surface area contributed by atoms with E-state index in [4.69, 9.17) is 4.74 Å². The topological polar surface area (TPSA) is 67.4 Å². The number of halogens is 3. The lowest BCUT2D eigenvalue weighted by Gasteiger charge is -2.11. The minimum atomic E-state index is -4.43. The molecule has 0 aliphatic rings. The van der Waals surface area contributed by atoms with Gasteiger partial charge in [-0.05, 0) is 48.7 Å². The molecule has 27 heavy (non-hydrogen) atoms. The quantitative estimate of drug-likeness (QED) is 0.784. The van der Waals surface area contributed by atoms with E-state index in [0.717, 1.165) is 23.3 Å². The van der Waals surface area contributed by atoms with Gasteiger partial charge in [0, 0.05) is 0 Å². The summed E-state index contributed by atoms with van der Waals surface area (Å²) < 4.78 is 42.9. The smallest absolute Gasteiger partial charge is 0.416 e. The molecular formula is C19H19F3N2O3. The maximum Gasteiger partial charge on any atom is 0.416 e. The van der Waals surface area contributed by atoms with Crippen molar-refractivity contribution < 1.29 is 27.5 Å². The molecule has 0 atom stereocenters. The number of carbonyl (C=O) groups is 2. The second-order valence-electron chi connectivity index (χ2n) is 6.03. The number of aryl methyl sites for hydroxylation is 2. The summed E-state index contributed by atoms with van der Waals surface area (Å²) in [5, 5.41) is 0. The molecule has 0 unspecified atom stereocenters. The molecule has 0 heterocycles. The lowest BCUT2D eigenvalue weighted by molar-refractivity contribution is -0.137. The van der Waals surface area contributed by atoms with Crippen LogP contribution in [-0.2, 0) is 22.2 Å². The van der Waals surface area contributed by atoms with E-state index in [2.05, 4.69) is 10.9 Å². The van der Waals surface area contributed by atoms with E-state index in [-0.39, 0.29) is 13.0 Å². The molecule has 8 heteroatoms. The molecular weight excluding hydrogens is 361 g/mol. The molecule has 2 aromatic rings. The third-order valence-corrected chi connectivity index (χ3v) is 3.69. The van der Waals surface area contributed by atoms with Gasteiger partial charge in [-0.15, -0.1) is 0 Å². The molecule has 0 fully saturated rings. The summed E-state index contributed by atoms with van der Waals surface area (Å²) in [5.74, 6) is -0.548. The summed E-state index contributed by atoms with van der Waals surface area (Å²) in [6.45, 7) is 3.46. The van der Waals surface area contributed by atoms with Crippen molar-refractivity contribution in [2.75, 3.05) is 6.61 Å². The Balaban J connectivity index is 1.78. The van der Waals surface area contributed by atoms with Gasteiger partial charge in [-0.25, -0.2) is 0 Å². The minimum absolute atomic E-state index is 0.170. The third-order valence-electron chi connectivity index (χ3n) is 3.69. The maximum atomic E-state index is 12.5. The second kappa shape index (κ2) is 8.57. The number of hydrogen-bond donors (Lipinski definition) is 2. The molecule has 2 amide bonds. The van der Waals surface area contributed by atoms with Crippen LogP contribution in [0.1, 0.15) is 22.3 Å². The van der Waals surface area contributed by atoms with Gasteiger partial charge in [0.1, 0.15) is 5.75 Å². The molecule has 144 valence electrons. The van der Waals surface area contributed by atoms with E-state index in [9.17, 15) is 22.8 Å². The monoisotopic (exact) mass is 380 g/mol. The van der Waals surface area contributed by atoms with Crippen LogP contribution in [0.25, 0.3) is 0 Å². The van der Waals surface area contributed by atoms with Crippen LogP contribution >= 0.6 is 0 Å². The second-order valence-corrected chi connectivity index (χ2v) is 6.03. The van der Waals surface area contributed by atoms with E-state index in [0.29, 0.717) is 11.3 Å². The van der Waals surface area contributed by atoms with Crippen LogP contribution in [0.2, 0.25) is 0 Å². The Labute approximate surface area is 154 Å². The largest absolute Gasteiger partial charge is 0.483 e. The number of ether oxygens (including phenoxy) is 1. The van der Waals surface area contributed by atoms with Crippen LogP contribution in [0.4, 0.5) is 13.2 Å². The maximum absolute atomic E-state index is 12.5. The zero-order valence-electron chi connectivity index (χ0n) is 14.8. The average Bonchev–Trinajstić information content (AvgIpc) is 2.60. The van der Waals surface area contributed by atoms with Crippen LogP contribution < -0.4 is 15.6 Å². The van der Waals surface area contributed by atoms with Gasteiger partial charge in [-0.2, -0.15) is 13.2 Å². The van der Waals surface area contributed by atoms with Gasteiger partial charge < -0.3 is 4.74 Å². The van der Waals surface area contributed by atoms with E-state index < -0.39 is 23.6 Å². The highest BCUT2D eigenvalue weighted by Crippen LogP contribution is 2.29. The van der Waals surface area contributed by atoms with Gasteiger partial charge >= 0.3 is 6.18 Å². The Morgan fingerprint density at radius 1 is 0.963 bits per heavy atom. The number of nitrogens with one attached hydrogen (secondary N) is 2. The highest BCUT2D eigenvalue weighted by Gasteiger charge is 2.29. The van der Waals surface area contributed by atoms with Gasteiger partial charge in [0.15, 0.2) is 6.61 Å². The summed E-state index contributed by atoms with van der Waals surface area (Å²) in [5.41, 5.74) is 5.86. The van der Waals surface area contributed by atoms with E-state index in [1.54, 1.807) is 6.07 Å². The molecule has 0 radical (unpaired) electrons. The number of rotatable bonds is 5. The van der Waals surface area contributed by atoms with Crippen molar-refractivity contribution >= 4 is 11.8 Å². The number of carbonyl (C=O) groups excluding carboxylic acids is 2. The van der Waals surface area contributed by atoms with E-state index >= 15 is 0 Å². The van der Waals surface area contributed by atoms with Crippen molar-refractivity contribution in [2.24, 2.45) is 0 Å². The predicted octanol–water partition coefficient (Wildman–Crippen LogP) is 3.09. The molecule has 0 bridgehead atoms. The predicted molar refractivity (Wildman–Crippen MR) is 92.8 cm³/mol. The van der Waals surface area contributed by atoms with Crippen molar-refractivity contribution in [1.82, 2.24) is 10.9 Å². The lowest BCUT2D eigenvalue weighted by Crippen LogP contribution is -2.44. The molecule has 2 rings (SSSR count). The summed E-state index contributed by atoms with van der Waals surface area (Å²) >= 11 is 0. The van der Waals surface area contributed by atoms with E-state index in [1.165, 1.54) is 12.1 Å². The average molecular weight is 380 g/mol. The molecule has 0 saturated heterocycles. The van der Waals surface area contributed by atoms with Gasteiger partial charge in [0.2, 0.25) is 5.91 Å². The summed E-state index contributed by atoms with van der Waals surface area (Å²) in [4.78, 5) is 23.5. The molecule has 0 aromatic heterocycles. The van der Waals surface area contributed by atoms with Crippen LogP contribution in [0.3, 0.4) is 0 Å². The Bertz CT molecular complexity index is 818. The minimum Gasteiger partial charge on any atom is -0.483 e. The fourth-order valence-electron chi connectivity index (χ4n) is 2.22. The van der Waals surface area contributed by atoms with Crippen molar-refractivity contribution in [2.45, 2.75) is 26.4 Å². The Morgan fingerprint density at radius 2 is 1.59 bits per heavy atom. The van der Waals surface area contributed by atoms with Gasteiger partial charge in [0.25, 0.3) is 5.91 Å². The number of benzene rings is 2.